The Kier molecular flexibility index (Phi) is 6.61. The third-order valence-electron chi connectivity index (χ3n) is 2.77. The molecule has 3 N–H and O–H groups in total. The standard InChI is InChI=1S/C13H17FN2O6S/c1-8(17)12(13(19)22-7-11(18)15-2)16-23(20,21)10-5-3-9(14)4-6-10/h3-6,8,12,16-17H,7H2,1-2H3,(H,15,18)/t8-,12-/m1/s1. The average Bonchev–Trinajstić information content (AvgIpc) is 2.50. The fourth-order valence-electron chi connectivity index (χ4n) is 1.49. The van der Waals surface area contributed by atoms with Gasteiger partial charge in [0, 0.05) is 7.05 Å². The van der Waals surface area contributed by atoms with E-state index in [2.05, 4.69) is 10.1 Å². The first-order valence-corrected chi connectivity index (χ1v) is 7.99. The van der Waals surface area contributed by atoms with E-state index in [9.17, 15) is 27.5 Å². The Labute approximate surface area is 132 Å². The van der Waals surface area contributed by atoms with Crippen LogP contribution in [0.25, 0.3) is 0 Å². The number of aliphatic hydroxyl groups is 1. The van der Waals surface area contributed by atoms with Gasteiger partial charge in [0.2, 0.25) is 10.0 Å². The summed E-state index contributed by atoms with van der Waals surface area (Å²) in [5, 5.41) is 11.8. The summed E-state index contributed by atoms with van der Waals surface area (Å²) >= 11 is 0. The van der Waals surface area contributed by atoms with Crippen molar-refractivity contribution < 1.29 is 32.2 Å². The number of carbonyl (C=O) groups is 2. The number of esters is 1. The van der Waals surface area contributed by atoms with Gasteiger partial charge >= 0.3 is 5.97 Å². The molecule has 0 heterocycles. The van der Waals surface area contributed by atoms with Gasteiger partial charge in [-0.15, -0.1) is 0 Å². The van der Waals surface area contributed by atoms with E-state index in [1.165, 1.54) is 14.0 Å². The number of ether oxygens (including phenoxy) is 1. The van der Waals surface area contributed by atoms with Crippen LogP contribution in [0.15, 0.2) is 29.2 Å². The van der Waals surface area contributed by atoms with Crippen molar-refractivity contribution in [1.29, 1.82) is 0 Å². The number of carbonyl (C=O) groups excluding carboxylic acids is 2. The maximum atomic E-state index is 12.8. The molecule has 1 aromatic carbocycles. The summed E-state index contributed by atoms with van der Waals surface area (Å²) in [6, 6.07) is 2.28. The minimum absolute atomic E-state index is 0.288. The van der Waals surface area contributed by atoms with Crippen LogP contribution >= 0.6 is 0 Å². The molecule has 10 heteroatoms. The van der Waals surface area contributed by atoms with Crippen molar-refractivity contribution in [3.63, 3.8) is 0 Å². The molecular formula is C13H17FN2O6S. The highest BCUT2D eigenvalue weighted by atomic mass is 32.2. The topological polar surface area (TPSA) is 122 Å². The monoisotopic (exact) mass is 348 g/mol. The molecule has 2 atom stereocenters. The van der Waals surface area contributed by atoms with Crippen molar-refractivity contribution >= 4 is 21.9 Å². The van der Waals surface area contributed by atoms with Crippen LogP contribution in [-0.4, -0.2) is 51.2 Å². The van der Waals surface area contributed by atoms with Gasteiger partial charge in [0.05, 0.1) is 11.0 Å². The van der Waals surface area contributed by atoms with Crippen LogP contribution in [0.4, 0.5) is 4.39 Å². The minimum Gasteiger partial charge on any atom is -0.454 e. The molecule has 0 aliphatic carbocycles. The van der Waals surface area contributed by atoms with E-state index in [1.807, 2.05) is 4.72 Å². The molecule has 1 aromatic rings. The number of nitrogens with one attached hydrogen (secondary N) is 2. The van der Waals surface area contributed by atoms with E-state index < -0.39 is 46.5 Å². The normalized spacial score (nSPS) is 13.9. The smallest absolute Gasteiger partial charge is 0.327 e. The van der Waals surface area contributed by atoms with E-state index in [1.54, 1.807) is 0 Å². The quantitative estimate of drug-likeness (QED) is 0.552. The van der Waals surface area contributed by atoms with Crippen LogP contribution in [0.2, 0.25) is 0 Å². The summed E-state index contributed by atoms with van der Waals surface area (Å²) in [4.78, 5) is 22.6. The second-order valence-electron chi connectivity index (χ2n) is 4.57. The molecule has 0 aliphatic rings. The third kappa shape index (κ3) is 5.58. The Balaban J connectivity index is 2.88. The highest BCUT2D eigenvalue weighted by Gasteiger charge is 2.31. The van der Waals surface area contributed by atoms with Crippen LogP contribution in [0.1, 0.15) is 6.92 Å². The van der Waals surface area contributed by atoms with Gasteiger partial charge in [0.25, 0.3) is 5.91 Å². The van der Waals surface area contributed by atoms with Crippen LogP contribution in [-0.2, 0) is 24.3 Å². The zero-order valence-corrected chi connectivity index (χ0v) is 13.3. The van der Waals surface area contributed by atoms with Crippen molar-refractivity contribution in [3.8, 4) is 0 Å². The number of amides is 1. The highest BCUT2D eigenvalue weighted by Crippen LogP contribution is 2.11. The Bertz CT molecular complexity index is 660. The van der Waals surface area contributed by atoms with Crippen LogP contribution in [0.3, 0.4) is 0 Å². The van der Waals surface area contributed by atoms with Gasteiger partial charge in [-0.2, -0.15) is 4.72 Å². The summed E-state index contributed by atoms with van der Waals surface area (Å²) in [7, 11) is -2.86. The molecule has 0 saturated heterocycles. The summed E-state index contributed by atoms with van der Waals surface area (Å²) in [5.74, 6) is -2.33. The lowest BCUT2D eigenvalue weighted by Gasteiger charge is -2.19. The Hall–Kier alpha value is -2.04. The molecule has 0 aliphatic heterocycles. The van der Waals surface area contributed by atoms with Crippen LogP contribution < -0.4 is 10.0 Å². The lowest BCUT2D eigenvalue weighted by atomic mass is 10.2. The first-order valence-electron chi connectivity index (χ1n) is 6.50. The second kappa shape index (κ2) is 7.99. The molecule has 0 saturated carbocycles. The molecular weight excluding hydrogens is 331 g/mol. The van der Waals surface area contributed by atoms with Gasteiger partial charge in [-0.1, -0.05) is 0 Å². The number of benzene rings is 1. The molecule has 1 rings (SSSR count). The SMILES string of the molecule is CNC(=O)COC(=O)[C@H](NS(=O)(=O)c1ccc(F)cc1)[C@@H](C)O. The number of rotatable bonds is 7. The maximum absolute atomic E-state index is 12.8. The predicted octanol–water partition coefficient (Wildman–Crippen LogP) is -0.857. The fraction of sp³-hybridized carbons (Fsp3) is 0.385. The molecule has 0 spiro atoms. The largest absolute Gasteiger partial charge is 0.454 e. The second-order valence-corrected chi connectivity index (χ2v) is 6.29. The first-order chi connectivity index (χ1) is 10.7. The summed E-state index contributed by atoms with van der Waals surface area (Å²) in [6.45, 7) is 0.565. The Morgan fingerprint density at radius 2 is 1.87 bits per heavy atom. The number of likely N-dealkylation sites (N-methyl/N-ethyl adjacent to an activating group) is 1. The molecule has 0 aromatic heterocycles. The van der Waals surface area contributed by atoms with E-state index >= 15 is 0 Å². The van der Waals surface area contributed by atoms with Gasteiger partial charge in [-0.3, -0.25) is 9.59 Å². The molecule has 23 heavy (non-hydrogen) atoms. The van der Waals surface area contributed by atoms with E-state index in [4.69, 9.17) is 0 Å². The predicted molar refractivity (Wildman–Crippen MR) is 77.2 cm³/mol. The summed E-state index contributed by atoms with van der Waals surface area (Å²) in [5.41, 5.74) is 0. The van der Waals surface area contributed by atoms with Gasteiger partial charge in [-0.05, 0) is 31.2 Å². The van der Waals surface area contributed by atoms with Crippen molar-refractivity contribution in [2.75, 3.05) is 13.7 Å². The fourth-order valence-corrected chi connectivity index (χ4v) is 2.75. The molecule has 0 bridgehead atoms. The van der Waals surface area contributed by atoms with E-state index in [-0.39, 0.29) is 4.90 Å². The van der Waals surface area contributed by atoms with Gasteiger partial charge in [0.1, 0.15) is 11.9 Å². The number of aliphatic hydroxyl groups excluding tert-OH is 1. The van der Waals surface area contributed by atoms with Crippen molar-refractivity contribution in [2.24, 2.45) is 0 Å². The first kappa shape index (κ1) is 19.0. The van der Waals surface area contributed by atoms with Gasteiger partial charge in [-0.25, -0.2) is 12.8 Å². The number of hydrogen-bond acceptors (Lipinski definition) is 6. The van der Waals surface area contributed by atoms with E-state index in [0.29, 0.717) is 0 Å². The number of halogens is 1. The number of hydrogen-bond donors (Lipinski definition) is 3. The molecule has 0 unspecified atom stereocenters. The van der Waals surface area contributed by atoms with Gasteiger partial charge < -0.3 is 15.2 Å². The zero-order chi connectivity index (χ0) is 17.6. The third-order valence-corrected chi connectivity index (χ3v) is 4.22. The molecule has 8 nitrogen and oxygen atoms in total. The van der Waals surface area contributed by atoms with Crippen LogP contribution in [0.5, 0.6) is 0 Å². The van der Waals surface area contributed by atoms with Crippen molar-refractivity contribution in [2.45, 2.75) is 24.0 Å². The molecule has 1 amide bonds. The highest BCUT2D eigenvalue weighted by molar-refractivity contribution is 7.89. The summed E-state index contributed by atoms with van der Waals surface area (Å²) < 4.78 is 43.7. The van der Waals surface area contributed by atoms with Crippen LogP contribution in [0, 0.1) is 5.82 Å². The molecule has 0 radical (unpaired) electrons. The van der Waals surface area contributed by atoms with Gasteiger partial charge in [0.15, 0.2) is 6.61 Å². The zero-order valence-electron chi connectivity index (χ0n) is 12.4. The Morgan fingerprint density at radius 3 is 2.35 bits per heavy atom. The lowest BCUT2D eigenvalue weighted by molar-refractivity contribution is -0.152. The number of sulfonamides is 1. The lowest BCUT2D eigenvalue weighted by Crippen LogP contribution is -2.49. The Morgan fingerprint density at radius 1 is 1.30 bits per heavy atom. The van der Waals surface area contributed by atoms with E-state index in [0.717, 1.165) is 24.3 Å². The minimum atomic E-state index is -4.19. The molecule has 128 valence electrons. The maximum Gasteiger partial charge on any atom is 0.327 e. The molecule has 0 fully saturated rings. The average molecular weight is 348 g/mol. The van der Waals surface area contributed by atoms with Crippen molar-refractivity contribution in [1.82, 2.24) is 10.0 Å². The summed E-state index contributed by atoms with van der Waals surface area (Å²) in [6.07, 6.45) is -1.41. The van der Waals surface area contributed by atoms with Crippen molar-refractivity contribution in [3.05, 3.63) is 30.1 Å².